The predicted octanol–water partition coefficient (Wildman–Crippen LogP) is 3.68. The molecule has 10 amide bonds. The van der Waals surface area contributed by atoms with E-state index in [-0.39, 0.29) is 95.5 Å². The average molecular weight is 2040 g/mol. The van der Waals surface area contributed by atoms with Crippen molar-refractivity contribution in [2.75, 3.05) is 32.5 Å². The molecule has 5 aromatic rings. The first-order chi connectivity index (χ1) is 67.4. The number of imide groups is 1. The molecule has 42 nitrogen and oxygen atoms in total. The van der Waals surface area contributed by atoms with Gasteiger partial charge in [-0.25, -0.2) is 17.9 Å². The topological polar surface area (TPSA) is 640 Å². The van der Waals surface area contributed by atoms with Gasteiger partial charge in [-0.2, -0.15) is 0 Å². The first-order valence-electron chi connectivity index (χ1n) is 48.5. The van der Waals surface area contributed by atoms with Gasteiger partial charge in [-0.15, -0.1) is 0 Å². The van der Waals surface area contributed by atoms with Crippen LogP contribution in [0.15, 0.2) is 72.8 Å². The third kappa shape index (κ3) is 24.2. The number of aliphatic hydroxyl groups excluding tert-OH is 6. The maximum atomic E-state index is 17.1. The van der Waals surface area contributed by atoms with E-state index in [0.29, 0.717) is 37.5 Å². The van der Waals surface area contributed by atoms with Gasteiger partial charge in [0, 0.05) is 66.8 Å². The number of halogens is 2. The molecule has 0 radical (unpaired) electrons. The number of rotatable bonds is 29. The third-order valence-corrected chi connectivity index (χ3v) is 30.6. The quantitative estimate of drug-likeness (QED) is 0.0304. The summed E-state index contributed by atoms with van der Waals surface area (Å²) < 4.78 is 82.2. The number of urea groups is 1. The average Bonchev–Trinajstić information content (AvgIpc) is 1.25. The molecule has 45 heteroatoms. The monoisotopic (exact) mass is 2040 g/mol. The lowest BCUT2D eigenvalue weighted by atomic mass is 9.54. The second kappa shape index (κ2) is 44.5. The smallest absolute Gasteiger partial charge is 0.321 e. The highest BCUT2D eigenvalue weighted by atomic mass is 35.5. The molecule has 776 valence electrons. The highest BCUT2D eigenvalue weighted by Gasteiger charge is 2.55. The number of nitrogens with one attached hydrogen (secondary N) is 12. The molecule has 5 aliphatic carbocycles. The number of phenolic OH excluding ortho intramolecular Hbond substituents is 3. The van der Waals surface area contributed by atoms with Crippen LogP contribution >= 0.6 is 23.2 Å². The lowest BCUT2D eigenvalue weighted by molar-refractivity contribution is -0.333. The number of hydrogen-bond acceptors (Lipinski definition) is 32. The summed E-state index contributed by atoms with van der Waals surface area (Å²) in [7, 11) is -2.31. The molecule has 18 rings (SSSR count). The summed E-state index contributed by atoms with van der Waals surface area (Å²) in [4.78, 5) is 142. The summed E-state index contributed by atoms with van der Waals surface area (Å²) in [6, 6.07) is -2.63. The second-order valence-corrected chi connectivity index (χ2v) is 43.0. The van der Waals surface area contributed by atoms with Crippen molar-refractivity contribution >= 4 is 86.5 Å². The molecule has 8 heterocycles. The summed E-state index contributed by atoms with van der Waals surface area (Å²) in [5.41, 5.74) is 7.74. The number of aliphatic hydroxyl groups is 6. The Bertz CT molecular complexity index is 5620. The molecule has 13 aliphatic rings. The Labute approximate surface area is 830 Å². The minimum atomic E-state index is -3.79. The van der Waals surface area contributed by atoms with Crippen molar-refractivity contribution in [1.82, 2.24) is 63.2 Å². The van der Waals surface area contributed by atoms with Crippen molar-refractivity contribution in [3.63, 3.8) is 0 Å². The van der Waals surface area contributed by atoms with Crippen molar-refractivity contribution in [3.05, 3.63) is 116 Å². The number of amides is 10. The van der Waals surface area contributed by atoms with Crippen LogP contribution in [0.1, 0.15) is 215 Å². The maximum absolute atomic E-state index is 17.1. The zero-order valence-corrected chi connectivity index (χ0v) is 82.3. The van der Waals surface area contributed by atoms with Crippen LogP contribution < -0.4 is 88.9 Å². The molecule has 0 spiro atoms. The van der Waals surface area contributed by atoms with Crippen LogP contribution in [0.5, 0.6) is 46.0 Å². The van der Waals surface area contributed by atoms with Crippen molar-refractivity contribution < 1.29 is 135 Å². The first-order valence-corrected chi connectivity index (χ1v) is 50.9. The molecular formula is C97H130Cl2N14O28S. The van der Waals surface area contributed by atoms with Crippen LogP contribution in [0.2, 0.25) is 10.0 Å². The standard InChI is InChI=1S/C97H130Cl2N14O28S/c1-9-10-11-12-13-24-142(132,133)104-23-22-103-40-56-62(116)36-55-71(79(56)119)54-31-47(14-19-61(54)115)73-89(126)113-77(93(130)111-75(55)91(128)108-72-50-27-45-26-46(29-50)30-51(72)28-45)82(139-69-38-96(6,100)85(122)43(4)134-69)49-16-21-64(58(99)33-49)137-66-35-52-34-65(83(66)141-94-84(81(121)80(120)67(41-114)138-94)140-70-39-97(7,101)86(123)44(5)135-70)136-63-20-15-48(32-57(63)98)78(118)76(112-87(124)59(102-8)25-42(2)3)92(129)106-60(88(125)109-74(52)90(127)110-73)37-68(117)107-95(131)105-53-17-18-53/h14-16,19-21,31-36,42-46,50-51,53,59-60,67,69-70,72-78,80-82,84-86,94,102-104,114-116,118-123H,9-13,17-18,22-30,37-41,100-101H2,1-8H3,(H,106,129)(H,108,128)(H,109,125)(H,110,127)(H,111,130)(H,112,124)(H,113,126)(H2,105,107,117,131)/t43-,44-,45?,46?,50?,51?,59+,60?,67+,69-,70?,72?,73+,74?,75+,76?,77-,78+,80+,81-,82+,84+,85-,86+,94+,96-,97-/m0/s1. The zero-order chi connectivity index (χ0) is 102. The van der Waals surface area contributed by atoms with Gasteiger partial charge in [0.2, 0.25) is 69.3 Å². The number of nitrogens with two attached hydrogens (primary N) is 2. The Morgan fingerprint density at radius 3 is 1.85 bits per heavy atom. The Hall–Kier alpha value is -9.98. The summed E-state index contributed by atoms with van der Waals surface area (Å²) in [5.74, 6) is -14.6. The molecule has 15 bridgehead atoms. The molecule has 25 N–H and O–H groups in total. The van der Waals surface area contributed by atoms with E-state index in [1.807, 2.05) is 20.8 Å². The van der Waals surface area contributed by atoms with Gasteiger partial charge in [-0.3, -0.25) is 43.7 Å². The first kappa shape index (κ1) is 106. The van der Waals surface area contributed by atoms with E-state index in [2.05, 4.69) is 63.2 Å². The number of hydrogen-bond donors (Lipinski definition) is 23. The normalized spacial score (nSPS) is 32.1. The molecule has 142 heavy (non-hydrogen) atoms. The number of benzene rings is 5. The zero-order valence-electron chi connectivity index (χ0n) is 80.0. The van der Waals surface area contributed by atoms with E-state index in [1.54, 1.807) is 0 Å². The molecule has 5 saturated carbocycles. The van der Waals surface area contributed by atoms with E-state index in [1.165, 1.54) is 65.1 Å². The van der Waals surface area contributed by atoms with E-state index < -0.39 is 289 Å². The van der Waals surface area contributed by atoms with E-state index in [4.69, 9.17) is 72.6 Å². The van der Waals surface area contributed by atoms with Gasteiger partial charge >= 0.3 is 6.03 Å². The predicted molar refractivity (Wildman–Crippen MR) is 510 cm³/mol. The van der Waals surface area contributed by atoms with Gasteiger partial charge in [0.05, 0.1) is 64.8 Å². The number of unbranched alkanes of at least 4 members (excludes halogenated alkanes) is 4. The number of ether oxygens (including phenoxy) is 8. The number of likely N-dealkylation sites (N-methyl/N-ethyl adjacent to an activating group) is 1. The van der Waals surface area contributed by atoms with Crippen molar-refractivity contribution in [3.8, 4) is 57.1 Å². The highest BCUT2D eigenvalue weighted by Crippen LogP contribution is 2.56. The van der Waals surface area contributed by atoms with Gasteiger partial charge in [-0.1, -0.05) is 87.9 Å². The van der Waals surface area contributed by atoms with Gasteiger partial charge < -0.3 is 148 Å². The Balaban J connectivity index is 0.952. The fourth-order valence-corrected chi connectivity index (χ4v) is 22.6. The Morgan fingerprint density at radius 2 is 1.24 bits per heavy atom. The maximum Gasteiger partial charge on any atom is 0.321 e. The van der Waals surface area contributed by atoms with E-state index in [0.717, 1.165) is 93.8 Å². The molecule has 0 aromatic heterocycles. The minimum Gasteiger partial charge on any atom is -0.507 e. The molecule has 5 aromatic carbocycles. The number of carbonyl (C=O) groups is 9. The molecule has 4 unspecified atom stereocenters. The van der Waals surface area contributed by atoms with Gasteiger partial charge in [0.15, 0.2) is 30.2 Å². The van der Waals surface area contributed by atoms with Crippen LogP contribution in [-0.4, -0.2) is 255 Å². The van der Waals surface area contributed by atoms with Crippen molar-refractivity contribution in [2.45, 2.75) is 303 Å². The van der Waals surface area contributed by atoms with Crippen LogP contribution in [0.3, 0.4) is 0 Å². The molecule has 8 aliphatic heterocycles. The van der Waals surface area contributed by atoms with E-state index in [9.17, 15) is 68.8 Å². The summed E-state index contributed by atoms with van der Waals surface area (Å²) in [5, 5.41) is 138. The highest BCUT2D eigenvalue weighted by molar-refractivity contribution is 7.89. The number of aromatic hydroxyl groups is 3. The van der Waals surface area contributed by atoms with Crippen LogP contribution in [-0.2, 0) is 78.6 Å². The van der Waals surface area contributed by atoms with Gasteiger partial charge in [0.25, 0.3) is 0 Å². The fraction of sp³-hybridized carbons (Fsp3) is 0.598. The SMILES string of the molecule is CCCCCCCS(=O)(=O)NCCNCc1c(O)cc2c(c1O)-c1cc(ccc1O)[C@H]1NC(=O)C3NC(=O)C(CC(=O)NC(=O)NC4CC4)NC(=O)C(NC(=O)[C@@H](CC(C)C)NC)[C@H](O)c4ccc(c(Cl)c4)Oc4cc3cc(c4O[C@H]3O[C@H](CO)[C@@H](O)[C@H](O)[C@H]3OC3C[C@](C)(N)[C@H](O)[C@H](C)O3)Oc3ccc(cc3Cl)[C@@H](O[C@H]3C[C@](C)(N)[C@@H](O)[C@H](C)O3)[C@H](NC1=O)C(=O)N[C@H]2C(=O)NC1C2CC3CC(C2)CC1C3. The fourth-order valence-electron chi connectivity index (χ4n) is 21.0. The summed E-state index contributed by atoms with van der Waals surface area (Å²) in [6.07, 6.45) is -14.4. The molecule has 22 atom stereocenters. The molecular weight excluding hydrogens is 1910 g/mol. The number of phenols is 3. The number of fused-ring (bicyclic) bond motifs is 15. The van der Waals surface area contributed by atoms with Crippen LogP contribution in [0, 0.1) is 29.6 Å². The Kier molecular flexibility index (Phi) is 33.3. The van der Waals surface area contributed by atoms with Gasteiger partial charge in [0.1, 0.15) is 95.5 Å². The molecule has 3 saturated heterocycles. The van der Waals surface area contributed by atoms with E-state index >= 15 is 28.8 Å². The summed E-state index contributed by atoms with van der Waals surface area (Å²) in [6.45, 7) is 9.94. The van der Waals surface area contributed by atoms with Crippen molar-refractivity contribution in [2.24, 2.45) is 41.1 Å². The lowest BCUT2D eigenvalue weighted by Gasteiger charge is -2.54. The number of carbonyl (C=O) groups excluding carboxylic acids is 9. The van der Waals surface area contributed by atoms with Crippen molar-refractivity contribution in [1.29, 1.82) is 0 Å². The van der Waals surface area contributed by atoms with Crippen LogP contribution in [0.25, 0.3) is 11.1 Å². The van der Waals surface area contributed by atoms with Crippen LogP contribution in [0.4, 0.5) is 4.79 Å². The minimum absolute atomic E-state index is 0.0311. The Morgan fingerprint density at radius 1 is 0.641 bits per heavy atom. The largest absolute Gasteiger partial charge is 0.507 e. The lowest BCUT2D eigenvalue weighted by Crippen LogP contribution is -2.64. The number of sulfonamides is 1. The second-order valence-electron chi connectivity index (χ2n) is 40.3. The summed E-state index contributed by atoms with van der Waals surface area (Å²) >= 11 is 14.9. The van der Waals surface area contributed by atoms with Gasteiger partial charge in [-0.05, 0) is 205 Å². The molecule has 8 fully saturated rings. The third-order valence-electron chi connectivity index (χ3n) is 28.6.